The lowest BCUT2D eigenvalue weighted by Crippen LogP contribution is -2.35. The van der Waals surface area contributed by atoms with Gasteiger partial charge < -0.3 is 10.2 Å². The van der Waals surface area contributed by atoms with Crippen molar-refractivity contribution in [1.82, 2.24) is 10.2 Å². The quantitative estimate of drug-likeness (QED) is 0.749. The number of aryl methyl sites for hydroxylation is 1. The minimum absolute atomic E-state index is 0.0399. The van der Waals surface area contributed by atoms with Crippen LogP contribution in [0.25, 0.3) is 0 Å². The van der Waals surface area contributed by atoms with Crippen LogP contribution in [0.4, 0.5) is 8.78 Å². The zero-order valence-electron chi connectivity index (χ0n) is 15.9. The van der Waals surface area contributed by atoms with Crippen molar-refractivity contribution in [3.05, 3.63) is 70.8 Å². The van der Waals surface area contributed by atoms with E-state index in [1.165, 1.54) is 5.56 Å². The largest absolute Gasteiger partial charge is 0.351 e. The first-order valence-corrected chi connectivity index (χ1v) is 9.58. The molecule has 1 N–H and O–H groups in total. The molecule has 0 saturated heterocycles. The van der Waals surface area contributed by atoms with Gasteiger partial charge in [-0.25, -0.2) is 8.78 Å². The molecule has 1 fully saturated rings. The molecule has 148 valence electrons. The normalized spacial score (nSPS) is 13.2. The maximum Gasteiger partial charge on any atom is 0.254 e. The van der Waals surface area contributed by atoms with Crippen molar-refractivity contribution in [2.24, 2.45) is 0 Å². The standard InChI is InChI=1S/C22H24F2N2O2/c1-2-15-3-5-16(6-4-15)14-26(18-8-9-18)21(27)11-12-25-22(28)19-10-7-17(23)13-20(19)24/h3-7,10,13,18H,2,8-9,11-12,14H2,1H3,(H,25,28). The number of nitrogens with zero attached hydrogens (tertiary/aromatic N) is 1. The highest BCUT2D eigenvalue weighted by Crippen LogP contribution is 2.29. The molecule has 0 spiro atoms. The third kappa shape index (κ3) is 5.15. The van der Waals surface area contributed by atoms with Crippen molar-refractivity contribution in [3.63, 3.8) is 0 Å². The lowest BCUT2D eigenvalue weighted by atomic mass is 10.1. The van der Waals surface area contributed by atoms with E-state index in [0.29, 0.717) is 12.6 Å². The van der Waals surface area contributed by atoms with Gasteiger partial charge in [0.25, 0.3) is 5.91 Å². The highest BCUT2D eigenvalue weighted by molar-refractivity contribution is 5.94. The highest BCUT2D eigenvalue weighted by atomic mass is 19.1. The Morgan fingerprint density at radius 2 is 1.75 bits per heavy atom. The molecule has 1 saturated carbocycles. The summed E-state index contributed by atoms with van der Waals surface area (Å²) in [5.74, 6) is -2.35. The number of hydrogen-bond acceptors (Lipinski definition) is 2. The molecule has 1 aliphatic carbocycles. The van der Waals surface area contributed by atoms with Crippen LogP contribution in [0.15, 0.2) is 42.5 Å². The Labute approximate surface area is 163 Å². The summed E-state index contributed by atoms with van der Waals surface area (Å²) in [7, 11) is 0. The van der Waals surface area contributed by atoms with Gasteiger partial charge in [0, 0.05) is 31.6 Å². The Hall–Kier alpha value is -2.76. The molecule has 2 aromatic carbocycles. The van der Waals surface area contributed by atoms with Crippen LogP contribution in [0.3, 0.4) is 0 Å². The SMILES string of the molecule is CCc1ccc(CN(C(=O)CCNC(=O)c2ccc(F)cc2F)C2CC2)cc1. The first-order chi connectivity index (χ1) is 13.5. The second kappa shape index (κ2) is 8.95. The molecule has 1 aliphatic rings. The van der Waals surface area contributed by atoms with Crippen molar-refractivity contribution >= 4 is 11.8 Å². The molecule has 0 atom stereocenters. The summed E-state index contributed by atoms with van der Waals surface area (Å²) < 4.78 is 26.6. The first kappa shape index (κ1) is 20.0. The maximum absolute atomic E-state index is 13.6. The molecule has 6 heteroatoms. The van der Waals surface area contributed by atoms with Gasteiger partial charge in [-0.05, 0) is 42.5 Å². The topological polar surface area (TPSA) is 49.4 Å². The molecule has 3 rings (SSSR count). The summed E-state index contributed by atoms with van der Waals surface area (Å²) in [6.07, 6.45) is 3.09. The number of hydrogen-bond donors (Lipinski definition) is 1. The van der Waals surface area contributed by atoms with Gasteiger partial charge in [0.15, 0.2) is 0 Å². The van der Waals surface area contributed by atoms with Gasteiger partial charge in [0.1, 0.15) is 11.6 Å². The zero-order chi connectivity index (χ0) is 20.1. The first-order valence-electron chi connectivity index (χ1n) is 9.58. The smallest absolute Gasteiger partial charge is 0.254 e. The average molecular weight is 386 g/mol. The third-order valence-corrected chi connectivity index (χ3v) is 4.89. The molecule has 4 nitrogen and oxygen atoms in total. The van der Waals surface area contributed by atoms with Crippen molar-refractivity contribution in [2.75, 3.05) is 6.54 Å². The van der Waals surface area contributed by atoms with Gasteiger partial charge >= 0.3 is 0 Å². The molecule has 0 heterocycles. The summed E-state index contributed by atoms with van der Waals surface area (Å²) in [5, 5.41) is 2.53. The van der Waals surface area contributed by atoms with Crippen LogP contribution in [-0.2, 0) is 17.8 Å². The molecular weight excluding hydrogens is 362 g/mol. The van der Waals surface area contributed by atoms with E-state index < -0.39 is 17.5 Å². The summed E-state index contributed by atoms with van der Waals surface area (Å²) in [6, 6.07) is 11.3. The average Bonchev–Trinajstić information content (AvgIpc) is 3.51. The van der Waals surface area contributed by atoms with Gasteiger partial charge in [-0.3, -0.25) is 9.59 Å². The van der Waals surface area contributed by atoms with Crippen LogP contribution in [0.2, 0.25) is 0 Å². The lowest BCUT2D eigenvalue weighted by Gasteiger charge is -2.23. The number of benzene rings is 2. The second-order valence-electron chi connectivity index (χ2n) is 7.05. The molecule has 0 aliphatic heterocycles. The lowest BCUT2D eigenvalue weighted by molar-refractivity contribution is -0.132. The van der Waals surface area contributed by atoms with Gasteiger partial charge in [-0.15, -0.1) is 0 Å². The minimum Gasteiger partial charge on any atom is -0.351 e. The second-order valence-corrected chi connectivity index (χ2v) is 7.05. The van der Waals surface area contributed by atoms with Gasteiger partial charge in [0.05, 0.1) is 5.56 Å². The molecule has 0 aromatic heterocycles. The number of halogens is 2. The maximum atomic E-state index is 13.6. The van der Waals surface area contributed by atoms with Crippen molar-refractivity contribution < 1.29 is 18.4 Å². The van der Waals surface area contributed by atoms with Crippen LogP contribution in [0, 0.1) is 11.6 Å². The Morgan fingerprint density at radius 1 is 1.07 bits per heavy atom. The summed E-state index contributed by atoms with van der Waals surface area (Å²) >= 11 is 0. The molecule has 0 radical (unpaired) electrons. The summed E-state index contributed by atoms with van der Waals surface area (Å²) in [6.45, 7) is 2.75. The molecule has 0 bridgehead atoms. The van der Waals surface area contributed by atoms with Crippen LogP contribution < -0.4 is 5.32 Å². The zero-order valence-corrected chi connectivity index (χ0v) is 15.9. The van der Waals surface area contributed by atoms with E-state index >= 15 is 0 Å². The monoisotopic (exact) mass is 386 g/mol. The number of rotatable bonds is 8. The van der Waals surface area contributed by atoms with E-state index in [-0.39, 0.29) is 30.5 Å². The van der Waals surface area contributed by atoms with E-state index in [9.17, 15) is 18.4 Å². The Kier molecular flexibility index (Phi) is 6.39. The van der Waals surface area contributed by atoms with Gasteiger partial charge in [-0.2, -0.15) is 0 Å². The van der Waals surface area contributed by atoms with Crippen molar-refractivity contribution in [2.45, 2.75) is 45.2 Å². The Balaban J connectivity index is 1.53. The summed E-state index contributed by atoms with van der Waals surface area (Å²) in [4.78, 5) is 26.5. The number of carbonyl (C=O) groups excluding carboxylic acids is 2. The Morgan fingerprint density at radius 3 is 2.36 bits per heavy atom. The molecule has 2 aromatic rings. The molecule has 0 unspecified atom stereocenters. The van der Waals surface area contributed by atoms with Crippen LogP contribution in [-0.4, -0.2) is 29.3 Å². The Bertz CT molecular complexity index is 848. The minimum atomic E-state index is -0.918. The van der Waals surface area contributed by atoms with Crippen LogP contribution in [0.1, 0.15) is 47.7 Å². The van der Waals surface area contributed by atoms with E-state index in [0.717, 1.165) is 37.0 Å². The number of amides is 2. The van der Waals surface area contributed by atoms with Crippen LogP contribution in [0.5, 0.6) is 0 Å². The van der Waals surface area contributed by atoms with E-state index in [1.807, 2.05) is 17.0 Å². The molecule has 28 heavy (non-hydrogen) atoms. The number of nitrogens with one attached hydrogen (secondary N) is 1. The molecule has 2 amide bonds. The predicted octanol–water partition coefficient (Wildman–Crippen LogP) is 3.84. The molecular formula is C22H24F2N2O2. The van der Waals surface area contributed by atoms with Crippen molar-refractivity contribution in [3.8, 4) is 0 Å². The fourth-order valence-electron chi connectivity index (χ4n) is 3.08. The van der Waals surface area contributed by atoms with Crippen LogP contribution >= 0.6 is 0 Å². The van der Waals surface area contributed by atoms with E-state index in [2.05, 4.69) is 24.4 Å². The van der Waals surface area contributed by atoms with Crippen molar-refractivity contribution in [1.29, 1.82) is 0 Å². The van der Waals surface area contributed by atoms with Gasteiger partial charge in [-0.1, -0.05) is 31.2 Å². The van der Waals surface area contributed by atoms with Gasteiger partial charge in [0.2, 0.25) is 5.91 Å². The third-order valence-electron chi connectivity index (χ3n) is 4.89. The van der Waals surface area contributed by atoms with E-state index in [1.54, 1.807) is 0 Å². The fourth-order valence-corrected chi connectivity index (χ4v) is 3.08. The van der Waals surface area contributed by atoms with E-state index in [4.69, 9.17) is 0 Å². The summed E-state index contributed by atoms with van der Waals surface area (Å²) in [5.41, 5.74) is 2.10. The predicted molar refractivity (Wildman–Crippen MR) is 103 cm³/mol. The highest BCUT2D eigenvalue weighted by Gasteiger charge is 2.32. The fraction of sp³-hybridized carbons (Fsp3) is 0.364. The number of carbonyl (C=O) groups is 2.